The summed E-state index contributed by atoms with van der Waals surface area (Å²) in [5.74, 6) is 1.24. The Morgan fingerprint density at radius 3 is 2.76 bits per heavy atom. The predicted octanol–water partition coefficient (Wildman–Crippen LogP) is 4.48. The van der Waals surface area contributed by atoms with Gasteiger partial charge in [0.15, 0.2) is 5.75 Å². The van der Waals surface area contributed by atoms with Crippen LogP contribution in [0.3, 0.4) is 0 Å². The van der Waals surface area contributed by atoms with Crippen molar-refractivity contribution >= 4 is 22.5 Å². The number of hydrogen-bond donors (Lipinski definition) is 1. The van der Waals surface area contributed by atoms with Crippen LogP contribution in [0.25, 0.3) is 10.9 Å². The summed E-state index contributed by atoms with van der Waals surface area (Å²) < 4.78 is 5.94. The minimum atomic E-state index is -0.0734. The molecular formula is C17H14ClNO2. The quantitative estimate of drug-likeness (QED) is 0.775. The molecule has 2 aromatic carbocycles. The maximum atomic E-state index is 9.46. The first kappa shape index (κ1) is 13.9. The van der Waals surface area contributed by atoms with Crippen molar-refractivity contribution in [1.29, 1.82) is 0 Å². The minimum Gasteiger partial charge on any atom is -0.455 e. The van der Waals surface area contributed by atoms with E-state index in [2.05, 4.69) is 4.98 Å². The van der Waals surface area contributed by atoms with Crippen LogP contribution in [0.15, 0.2) is 48.7 Å². The van der Waals surface area contributed by atoms with Crippen LogP contribution >= 0.6 is 11.6 Å². The third-order valence-electron chi connectivity index (χ3n) is 3.29. The van der Waals surface area contributed by atoms with E-state index < -0.39 is 0 Å². The van der Waals surface area contributed by atoms with Gasteiger partial charge in [0.1, 0.15) is 11.3 Å². The number of aliphatic hydroxyl groups excluding tert-OH is 1. The van der Waals surface area contributed by atoms with Gasteiger partial charge in [-0.25, -0.2) is 0 Å². The average Bonchev–Trinajstić information content (AvgIpc) is 2.52. The van der Waals surface area contributed by atoms with Gasteiger partial charge < -0.3 is 9.84 Å². The Hall–Kier alpha value is -2.10. The molecule has 0 bridgehead atoms. The third-order valence-corrected chi connectivity index (χ3v) is 3.62. The van der Waals surface area contributed by atoms with Gasteiger partial charge in [-0.05, 0) is 37.3 Å². The number of aromatic nitrogens is 1. The highest BCUT2D eigenvalue weighted by atomic mass is 35.5. The van der Waals surface area contributed by atoms with Gasteiger partial charge >= 0.3 is 0 Å². The molecular weight excluding hydrogens is 286 g/mol. The Balaban J connectivity index is 2.09. The van der Waals surface area contributed by atoms with Gasteiger partial charge in [0.25, 0.3) is 0 Å². The Morgan fingerprint density at radius 1 is 1.14 bits per heavy atom. The number of benzene rings is 2. The Kier molecular flexibility index (Phi) is 3.78. The Labute approximate surface area is 127 Å². The fraction of sp³-hybridized carbons (Fsp3) is 0.118. The first-order valence-corrected chi connectivity index (χ1v) is 6.98. The zero-order valence-corrected chi connectivity index (χ0v) is 12.3. The van der Waals surface area contributed by atoms with E-state index in [4.69, 9.17) is 16.3 Å². The summed E-state index contributed by atoms with van der Waals surface area (Å²) in [5, 5.41) is 10.9. The van der Waals surface area contributed by atoms with Gasteiger partial charge in [-0.2, -0.15) is 0 Å². The number of pyridine rings is 1. The van der Waals surface area contributed by atoms with Crippen LogP contribution in [0, 0.1) is 6.92 Å². The highest BCUT2D eigenvalue weighted by Gasteiger charge is 2.10. The fourth-order valence-electron chi connectivity index (χ4n) is 2.24. The first-order valence-electron chi connectivity index (χ1n) is 6.60. The second-order valence-corrected chi connectivity index (χ2v) is 5.22. The maximum Gasteiger partial charge on any atom is 0.153 e. The zero-order valence-electron chi connectivity index (χ0n) is 11.5. The van der Waals surface area contributed by atoms with Crippen molar-refractivity contribution in [2.75, 3.05) is 0 Å². The molecule has 3 aromatic rings. The largest absolute Gasteiger partial charge is 0.455 e. The molecule has 1 aromatic heterocycles. The monoisotopic (exact) mass is 299 g/mol. The molecule has 0 spiro atoms. The van der Waals surface area contributed by atoms with Crippen molar-refractivity contribution in [1.82, 2.24) is 4.98 Å². The third kappa shape index (κ3) is 2.71. The molecule has 4 heteroatoms. The lowest BCUT2D eigenvalue weighted by Crippen LogP contribution is -1.94. The van der Waals surface area contributed by atoms with Crippen LogP contribution in [0.1, 0.15) is 11.1 Å². The number of aryl methyl sites for hydroxylation is 1. The van der Waals surface area contributed by atoms with E-state index in [1.54, 1.807) is 18.3 Å². The van der Waals surface area contributed by atoms with E-state index >= 15 is 0 Å². The summed E-state index contributed by atoms with van der Waals surface area (Å²) >= 11 is 6.18. The molecule has 0 atom stereocenters. The molecule has 3 rings (SSSR count). The maximum absolute atomic E-state index is 9.46. The molecule has 0 aliphatic rings. The van der Waals surface area contributed by atoms with Gasteiger partial charge in [-0.15, -0.1) is 0 Å². The molecule has 3 nitrogen and oxygen atoms in total. The molecule has 0 aliphatic heterocycles. The van der Waals surface area contributed by atoms with Gasteiger partial charge in [0.05, 0.1) is 11.6 Å². The van der Waals surface area contributed by atoms with Gasteiger partial charge in [-0.1, -0.05) is 29.3 Å². The average molecular weight is 300 g/mol. The summed E-state index contributed by atoms with van der Waals surface area (Å²) in [5.41, 5.74) is 2.52. The van der Waals surface area contributed by atoms with Crippen LogP contribution in [-0.4, -0.2) is 10.1 Å². The van der Waals surface area contributed by atoms with Crippen LogP contribution in [0.2, 0.25) is 5.02 Å². The van der Waals surface area contributed by atoms with Crippen LogP contribution in [0.4, 0.5) is 0 Å². The van der Waals surface area contributed by atoms with E-state index in [0.29, 0.717) is 22.0 Å². The number of ether oxygens (including phenoxy) is 1. The fourth-order valence-corrected chi connectivity index (χ4v) is 2.46. The van der Waals surface area contributed by atoms with Crippen molar-refractivity contribution in [3.8, 4) is 11.5 Å². The molecule has 0 amide bonds. The number of fused-ring (bicyclic) bond motifs is 1. The van der Waals surface area contributed by atoms with Gasteiger partial charge in [-0.3, -0.25) is 4.98 Å². The molecule has 0 radical (unpaired) electrons. The van der Waals surface area contributed by atoms with Crippen molar-refractivity contribution < 1.29 is 9.84 Å². The van der Waals surface area contributed by atoms with E-state index in [1.165, 1.54) is 0 Å². The van der Waals surface area contributed by atoms with Crippen molar-refractivity contribution in [3.05, 3.63) is 64.8 Å². The topological polar surface area (TPSA) is 42.4 Å². The molecule has 0 aliphatic carbocycles. The molecule has 1 N–H and O–H groups in total. The number of aliphatic hydroxyl groups is 1. The lowest BCUT2D eigenvalue weighted by atomic mass is 10.1. The predicted molar refractivity (Wildman–Crippen MR) is 83.9 cm³/mol. The molecule has 0 unspecified atom stereocenters. The second kappa shape index (κ2) is 5.72. The summed E-state index contributed by atoms with van der Waals surface area (Å²) in [6.45, 7) is 1.90. The summed E-state index contributed by atoms with van der Waals surface area (Å²) in [6, 6.07) is 13.0. The minimum absolute atomic E-state index is 0.0734. The van der Waals surface area contributed by atoms with E-state index in [1.807, 2.05) is 37.3 Å². The summed E-state index contributed by atoms with van der Waals surface area (Å²) in [6.07, 6.45) is 1.70. The van der Waals surface area contributed by atoms with Crippen molar-refractivity contribution in [2.45, 2.75) is 13.5 Å². The number of hydrogen-bond acceptors (Lipinski definition) is 3. The zero-order chi connectivity index (χ0) is 14.8. The number of nitrogens with zero attached hydrogens (tertiary/aromatic N) is 1. The van der Waals surface area contributed by atoms with Crippen LogP contribution in [0.5, 0.6) is 11.5 Å². The SMILES string of the molecule is Cc1ccc(Oc2ccc(Cl)c3cccnc23)c(CO)c1. The number of halogens is 1. The van der Waals surface area contributed by atoms with Crippen molar-refractivity contribution in [2.24, 2.45) is 0 Å². The lowest BCUT2D eigenvalue weighted by molar-refractivity contribution is 0.276. The first-order chi connectivity index (χ1) is 10.2. The van der Waals surface area contributed by atoms with E-state index in [0.717, 1.165) is 16.5 Å². The van der Waals surface area contributed by atoms with Crippen LogP contribution < -0.4 is 4.74 Å². The normalized spacial score (nSPS) is 10.8. The van der Waals surface area contributed by atoms with E-state index in [9.17, 15) is 5.11 Å². The van der Waals surface area contributed by atoms with Gasteiger partial charge in [0, 0.05) is 17.1 Å². The molecule has 1 heterocycles. The lowest BCUT2D eigenvalue weighted by Gasteiger charge is -2.12. The van der Waals surface area contributed by atoms with Gasteiger partial charge in [0.2, 0.25) is 0 Å². The highest BCUT2D eigenvalue weighted by Crippen LogP contribution is 2.34. The molecule has 106 valence electrons. The molecule has 0 saturated carbocycles. The van der Waals surface area contributed by atoms with Crippen molar-refractivity contribution in [3.63, 3.8) is 0 Å². The van der Waals surface area contributed by atoms with E-state index in [-0.39, 0.29) is 6.61 Å². The molecule has 21 heavy (non-hydrogen) atoms. The highest BCUT2D eigenvalue weighted by molar-refractivity contribution is 6.35. The smallest absolute Gasteiger partial charge is 0.153 e. The summed E-state index contributed by atoms with van der Waals surface area (Å²) in [4.78, 5) is 4.34. The molecule has 0 saturated heterocycles. The number of rotatable bonds is 3. The Morgan fingerprint density at radius 2 is 1.95 bits per heavy atom. The summed E-state index contributed by atoms with van der Waals surface area (Å²) in [7, 11) is 0. The second-order valence-electron chi connectivity index (χ2n) is 4.82. The Bertz CT molecular complexity index is 802. The standard InChI is InChI=1S/C17H14ClNO2/c1-11-4-6-15(12(9-11)10-20)21-16-7-5-14(18)13-3-2-8-19-17(13)16/h2-9,20H,10H2,1H3. The molecule has 0 fully saturated rings. The van der Waals surface area contributed by atoms with Crippen LogP contribution in [-0.2, 0) is 6.61 Å².